The first-order chi connectivity index (χ1) is 10.6. The number of carbonyl (C=O) groups is 2. The maximum Gasteiger partial charge on any atom is 0.313 e. The van der Waals surface area contributed by atoms with Gasteiger partial charge in [0.2, 0.25) is 0 Å². The van der Waals surface area contributed by atoms with E-state index in [1.807, 2.05) is 32.0 Å². The molecule has 3 N–H and O–H groups in total. The number of hydrogen-bond donors (Lipinski definition) is 3. The molecule has 23 heavy (non-hydrogen) atoms. The van der Waals surface area contributed by atoms with Gasteiger partial charge in [-0.2, -0.15) is 0 Å². The van der Waals surface area contributed by atoms with Gasteiger partial charge in [0.25, 0.3) is 0 Å². The molecule has 0 heterocycles. The first kappa shape index (κ1) is 19.2. The van der Waals surface area contributed by atoms with Crippen LogP contribution in [0.4, 0.5) is 5.69 Å². The van der Waals surface area contributed by atoms with Gasteiger partial charge in [-0.3, -0.25) is 9.59 Å². The number of aliphatic hydroxyl groups is 1. The zero-order valence-electron chi connectivity index (χ0n) is 14.7. The molecule has 0 bridgehead atoms. The summed E-state index contributed by atoms with van der Waals surface area (Å²) >= 11 is 0. The Hall–Kier alpha value is -1.88. The molecule has 0 radical (unpaired) electrons. The zero-order valence-corrected chi connectivity index (χ0v) is 14.7. The largest absolute Gasteiger partial charge is 0.388 e. The van der Waals surface area contributed by atoms with Crippen molar-refractivity contribution in [2.75, 3.05) is 11.9 Å². The number of nitrogens with one attached hydrogen (secondary N) is 2. The molecule has 0 saturated carbocycles. The lowest BCUT2D eigenvalue weighted by Gasteiger charge is -2.24. The number of rotatable bonds is 6. The summed E-state index contributed by atoms with van der Waals surface area (Å²) < 4.78 is 0. The van der Waals surface area contributed by atoms with Gasteiger partial charge in [0.15, 0.2) is 0 Å². The molecule has 128 valence electrons. The highest BCUT2D eigenvalue weighted by atomic mass is 16.3. The Balaban J connectivity index is 2.54. The third-order valence-electron chi connectivity index (χ3n) is 3.74. The first-order valence-corrected chi connectivity index (χ1v) is 7.99. The normalized spacial score (nSPS) is 13.5. The quantitative estimate of drug-likeness (QED) is 0.705. The van der Waals surface area contributed by atoms with Crippen molar-refractivity contribution >= 4 is 17.5 Å². The number of benzene rings is 1. The molecule has 2 amide bonds. The fourth-order valence-corrected chi connectivity index (χ4v) is 2.09. The van der Waals surface area contributed by atoms with Crippen LogP contribution in [0.5, 0.6) is 0 Å². The van der Waals surface area contributed by atoms with Gasteiger partial charge < -0.3 is 15.7 Å². The maximum atomic E-state index is 12.0. The number of aryl methyl sites for hydroxylation is 2. The van der Waals surface area contributed by atoms with E-state index in [-0.39, 0.29) is 6.54 Å². The lowest BCUT2D eigenvalue weighted by atomic mass is 9.95. The van der Waals surface area contributed by atoms with Crippen LogP contribution in [-0.2, 0) is 9.59 Å². The molecule has 5 nitrogen and oxygen atoms in total. The molecule has 1 rings (SSSR count). The van der Waals surface area contributed by atoms with Crippen LogP contribution in [0.15, 0.2) is 18.2 Å². The van der Waals surface area contributed by atoms with Crippen LogP contribution in [0.25, 0.3) is 0 Å². The number of amides is 2. The van der Waals surface area contributed by atoms with E-state index in [1.54, 1.807) is 6.92 Å². The lowest BCUT2D eigenvalue weighted by Crippen LogP contribution is -2.44. The molecule has 5 heteroatoms. The smallest absolute Gasteiger partial charge is 0.313 e. The molecule has 1 aromatic carbocycles. The zero-order chi connectivity index (χ0) is 17.6. The average molecular weight is 320 g/mol. The van der Waals surface area contributed by atoms with Crippen molar-refractivity contribution in [3.05, 3.63) is 29.3 Å². The topological polar surface area (TPSA) is 78.4 Å². The molecule has 0 fully saturated rings. The van der Waals surface area contributed by atoms with Crippen molar-refractivity contribution in [2.45, 2.75) is 53.1 Å². The molecule has 1 aromatic rings. The van der Waals surface area contributed by atoms with Crippen molar-refractivity contribution in [1.82, 2.24) is 5.32 Å². The van der Waals surface area contributed by atoms with Crippen molar-refractivity contribution in [3.8, 4) is 0 Å². The van der Waals surface area contributed by atoms with Gasteiger partial charge in [-0.15, -0.1) is 0 Å². The van der Waals surface area contributed by atoms with Crippen molar-refractivity contribution < 1.29 is 14.7 Å². The molecule has 0 aliphatic heterocycles. The van der Waals surface area contributed by atoms with Crippen molar-refractivity contribution in [2.24, 2.45) is 5.92 Å². The van der Waals surface area contributed by atoms with E-state index in [0.717, 1.165) is 17.5 Å². The van der Waals surface area contributed by atoms with E-state index in [4.69, 9.17) is 0 Å². The van der Waals surface area contributed by atoms with Crippen LogP contribution in [0.3, 0.4) is 0 Å². The predicted molar refractivity (Wildman–Crippen MR) is 92.3 cm³/mol. The molecule has 1 atom stereocenters. The third kappa shape index (κ3) is 6.82. The summed E-state index contributed by atoms with van der Waals surface area (Å²) in [6.07, 6.45) is 1.43. The highest BCUT2D eigenvalue weighted by Gasteiger charge is 2.23. The van der Waals surface area contributed by atoms with Gasteiger partial charge in [0, 0.05) is 12.2 Å². The fourth-order valence-electron chi connectivity index (χ4n) is 2.09. The summed E-state index contributed by atoms with van der Waals surface area (Å²) in [6, 6.07) is 5.65. The lowest BCUT2D eigenvalue weighted by molar-refractivity contribution is -0.136. The van der Waals surface area contributed by atoms with E-state index in [1.165, 1.54) is 0 Å². The summed E-state index contributed by atoms with van der Waals surface area (Å²) in [5.41, 5.74) is 1.50. The Kier molecular flexibility index (Phi) is 6.76. The molecule has 0 spiro atoms. The van der Waals surface area contributed by atoms with Crippen LogP contribution in [-0.4, -0.2) is 29.1 Å². The van der Waals surface area contributed by atoms with Crippen LogP contribution < -0.4 is 10.6 Å². The van der Waals surface area contributed by atoms with E-state index < -0.39 is 17.4 Å². The maximum absolute atomic E-state index is 12.0. The monoisotopic (exact) mass is 320 g/mol. The second kappa shape index (κ2) is 8.11. The summed E-state index contributed by atoms with van der Waals surface area (Å²) in [6.45, 7) is 9.65. The number of carbonyl (C=O) groups excluding carboxylic acids is 2. The van der Waals surface area contributed by atoms with E-state index in [9.17, 15) is 14.7 Å². The van der Waals surface area contributed by atoms with E-state index in [0.29, 0.717) is 18.0 Å². The molecule has 0 aliphatic carbocycles. The van der Waals surface area contributed by atoms with Crippen LogP contribution >= 0.6 is 0 Å². The van der Waals surface area contributed by atoms with Gasteiger partial charge >= 0.3 is 11.8 Å². The van der Waals surface area contributed by atoms with Crippen LogP contribution in [0.1, 0.15) is 44.7 Å². The highest BCUT2D eigenvalue weighted by Crippen LogP contribution is 2.17. The standard InChI is InChI=1S/C18H28N2O3/c1-12(2)8-9-18(5,23)11-19-16(21)17(22)20-15-10-13(3)6-7-14(15)4/h6-7,10,12,23H,8-9,11H2,1-5H3,(H,19,21)(H,20,22). The highest BCUT2D eigenvalue weighted by molar-refractivity contribution is 6.39. The minimum absolute atomic E-state index is 0.0543. The Bertz CT molecular complexity index is 565. The van der Waals surface area contributed by atoms with Gasteiger partial charge in [0.05, 0.1) is 5.60 Å². The van der Waals surface area contributed by atoms with Gasteiger partial charge in [-0.05, 0) is 56.7 Å². The molecule has 0 saturated heterocycles. The number of anilines is 1. The summed E-state index contributed by atoms with van der Waals surface area (Å²) in [4.78, 5) is 23.8. The fraction of sp³-hybridized carbons (Fsp3) is 0.556. The summed E-state index contributed by atoms with van der Waals surface area (Å²) in [5.74, 6) is -0.987. The van der Waals surface area contributed by atoms with Gasteiger partial charge in [-0.25, -0.2) is 0 Å². The first-order valence-electron chi connectivity index (χ1n) is 7.99. The Morgan fingerprint density at radius 3 is 2.48 bits per heavy atom. The average Bonchev–Trinajstić information content (AvgIpc) is 2.46. The molecular weight excluding hydrogens is 292 g/mol. The van der Waals surface area contributed by atoms with Crippen molar-refractivity contribution in [3.63, 3.8) is 0 Å². The predicted octanol–water partition coefficient (Wildman–Crippen LogP) is 2.55. The Morgan fingerprint density at radius 1 is 1.22 bits per heavy atom. The second-order valence-corrected chi connectivity index (χ2v) is 6.88. The van der Waals surface area contributed by atoms with Crippen LogP contribution in [0.2, 0.25) is 0 Å². The van der Waals surface area contributed by atoms with Crippen molar-refractivity contribution in [1.29, 1.82) is 0 Å². The van der Waals surface area contributed by atoms with E-state index >= 15 is 0 Å². The molecular formula is C18H28N2O3. The van der Waals surface area contributed by atoms with Crippen LogP contribution in [0, 0.1) is 19.8 Å². The Morgan fingerprint density at radius 2 is 1.87 bits per heavy atom. The van der Waals surface area contributed by atoms with Gasteiger partial charge in [-0.1, -0.05) is 26.0 Å². The summed E-state index contributed by atoms with van der Waals surface area (Å²) in [7, 11) is 0. The SMILES string of the molecule is Cc1ccc(C)c(NC(=O)C(=O)NCC(C)(O)CCC(C)C)c1. The molecule has 0 aliphatic rings. The third-order valence-corrected chi connectivity index (χ3v) is 3.74. The molecule has 1 unspecified atom stereocenters. The molecule has 0 aromatic heterocycles. The minimum atomic E-state index is -1.01. The second-order valence-electron chi connectivity index (χ2n) is 6.88. The Labute approximate surface area is 138 Å². The van der Waals surface area contributed by atoms with E-state index in [2.05, 4.69) is 24.5 Å². The summed E-state index contributed by atoms with van der Waals surface area (Å²) in [5, 5.41) is 15.3. The minimum Gasteiger partial charge on any atom is -0.388 e. The van der Waals surface area contributed by atoms with Gasteiger partial charge in [0.1, 0.15) is 0 Å². The number of hydrogen-bond acceptors (Lipinski definition) is 3.